The lowest BCUT2D eigenvalue weighted by atomic mass is 10.2. The Morgan fingerprint density at radius 1 is 1.50 bits per heavy atom. The van der Waals surface area contributed by atoms with Gasteiger partial charge in [-0.2, -0.15) is 0 Å². The van der Waals surface area contributed by atoms with E-state index < -0.39 is 0 Å². The van der Waals surface area contributed by atoms with Crippen LogP contribution >= 0.6 is 11.6 Å². The van der Waals surface area contributed by atoms with Gasteiger partial charge in [0.25, 0.3) is 0 Å². The molecule has 0 aromatic carbocycles. The molecule has 0 fully saturated rings. The second kappa shape index (κ2) is 5.72. The number of hydrogen-bond donors (Lipinski definition) is 1. The first-order valence-electron chi connectivity index (χ1n) is 5.34. The molecular weight excluding hydrogens is 222 g/mol. The van der Waals surface area contributed by atoms with E-state index in [4.69, 9.17) is 18.0 Å². The minimum Gasteiger partial charge on any atom is -0.356 e. The van der Waals surface area contributed by atoms with Gasteiger partial charge in [0.05, 0.1) is 6.04 Å². The van der Waals surface area contributed by atoms with Gasteiger partial charge in [-0.1, -0.05) is 38.3 Å². The summed E-state index contributed by atoms with van der Waals surface area (Å²) in [5, 5.41) is 3.58. The summed E-state index contributed by atoms with van der Waals surface area (Å²) in [6.07, 6.45) is 6.22. The van der Waals surface area contributed by atoms with Gasteiger partial charge >= 0.3 is 0 Å². The Morgan fingerprint density at radius 2 is 2.19 bits per heavy atom. The summed E-state index contributed by atoms with van der Waals surface area (Å²) in [5.74, 6) is 4.31. The van der Waals surface area contributed by atoms with Gasteiger partial charge in [-0.05, 0) is 6.42 Å². The molecule has 0 amide bonds. The summed E-state index contributed by atoms with van der Waals surface area (Å²) < 4.78 is 0. The third-order valence-corrected chi connectivity index (χ3v) is 2.35. The summed E-state index contributed by atoms with van der Waals surface area (Å²) >= 11 is 5.92. The van der Waals surface area contributed by atoms with Crippen LogP contribution in [0.5, 0.6) is 0 Å². The molecule has 0 aliphatic rings. The normalized spacial score (nSPS) is 12.2. The first-order valence-corrected chi connectivity index (χ1v) is 5.71. The predicted octanol–water partition coefficient (Wildman–Crippen LogP) is 3.08. The molecule has 1 N–H and O–H groups in total. The number of nitrogens with one attached hydrogen (secondary N) is 1. The average molecular weight is 238 g/mol. The Hall–Kier alpha value is -1.27. The maximum absolute atomic E-state index is 5.92. The predicted molar refractivity (Wildman–Crippen MR) is 67.7 cm³/mol. The molecule has 1 rings (SSSR count). The van der Waals surface area contributed by atoms with Crippen LogP contribution < -0.4 is 5.32 Å². The Bertz CT molecular complexity index is 396. The molecule has 3 nitrogen and oxygen atoms in total. The monoisotopic (exact) mass is 237 g/mol. The van der Waals surface area contributed by atoms with Crippen LogP contribution in [0.4, 0.5) is 5.82 Å². The van der Waals surface area contributed by atoms with E-state index in [-0.39, 0.29) is 12.0 Å². The number of anilines is 1. The Kier molecular flexibility index (Phi) is 4.57. The van der Waals surface area contributed by atoms with Gasteiger partial charge in [-0.25, -0.2) is 9.97 Å². The van der Waals surface area contributed by atoms with Crippen LogP contribution in [-0.2, 0) is 0 Å². The van der Waals surface area contributed by atoms with E-state index in [1.165, 1.54) is 0 Å². The average Bonchev–Trinajstić information content (AvgIpc) is 2.25. The van der Waals surface area contributed by atoms with Crippen LogP contribution in [0.1, 0.15) is 38.9 Å². The van der Waals surface area contributed by atoms with Crippen molar-refractivity contribution in [3.63, 3.8) is 0 Å². The molecule has 0 aliphatic carbocycles. The molecule has 4 heteroatoms. The summed E-state index contributed by atoms with van der Waals surface area (Å²) in [4.78, 5) is 8.52. The van der Waals surface area contributed by atoms with Crippen LogP contribution in [-0.4, -0.2) is 16.0 Å². The van der Waals surface area contributed by atoms with Crippen molar-refractivity contribution in [1.82, 2.24) is 9.97 Å². The SMILES string of the molecule is C#CC(CC)Nc1cc(Cl)nc(C(C)C)n1. The van der Waals surface area contributed by atoms with Gasteiger partial charge in [0.1, 0.15) is 16.8 Å². The molecule has 0 spiro atoms. The molecule has 0 saturated carbocycles. The van der Waals surface area contributed by atoms with Gasteiger partial charge in [0.15, 0.2) is 0 Å². The van der Waals surface area contributed by atoms with Crippen LogP contribution in [0.15, 0.2) is 6.07 Å². The molecule has 16 heavy (non-hydrogen) atoms. The quantitative estimate of drug-likeness (QED) is 0.646. The van der Waals surface area contributed by atoms with Gasteiger partial charge in [0.2, 0.25) is 0 Å². The van der Waals surface area contributed by atoms with Crippen molar-refractivity contribution in [2.45, 2.75) is 39.2 Å². The van der Waals surface area contributed by atoms with E-state index in [0.717, 1.165) is 12.2 Å². The fourth-order valence-electron chi connectivity index (χ4n) is 1.21. The second-order valence-corrected chi connectivity index (χ2v) is 4.25. The largest absolute Gasteiger partial charge is 0.356 e. The molecule has 1 atom stereocenters. The van der Waals surface area contributed by atoms with Gasteiger partial charge in [0, 0.05) is 12.0 Å². The van der Waals surface area contributed by atoms with E-state index in [1.807, 2.05) is 20.8 Å². The summed E-state index contributed by atoms with van der Waals surface area (Å²) in [7, 11) is 0. The fraction of sp³-hybridized carbons (Fsp3) is 0.500. The summed E-state index contributed by atoms with van der Waals surface area (Å²) in [5.41, 5.74) is 0. The highest BCUT2D eigenvalue weighted by Gasteiger charge is 2.09. The highest BCUT2D eigenvalue weighted by molar-refractivity contribution is 6.29. The number of hydrogen-bond acceptors (Lipinski definition) is 3. The first kappa shape index (κ1) is 12.8. The van der Waals surface area contributed by atoms with Crippen molar-refractivity contribution < 1.29 is 0 Å². The molecule has 86 valence electrons. The highest BCUT2D eigenvalue weighted by Crippen LogP contribution is 2.17. The minimum atomic E-state index is -0.0222. The summed E-state index contributed by atoms with van der Waals surface area (Å²) in [6.45, 7) is 6.06. The van der Waals surface area contributed by atoms with Crippen LogP contribution in [0, 0.1) is 12.3 Å². The third kappa shape index (κ3) is 3.39. The maximum Gasteiger partial charge on any atom is 0.135 e. The van der Waals surface area contributed by atoms with E-state index in [1.54, 1.807) is 6.07 Å². The van der Waals surface area contributed by atoms with Crippen molar-refractivity contribution in [3.8, 4) is 12.3 Å². The van der Waals surface area contributed by atoms with E-state index in [9.17, 15) is 0 Å². The zero-order valence-corrected chi connectivity index (χ0v) is 10.5. The van der Waals surface area contributed by atoms with Gasteiger partial charge < -0.3 is 5.32 Å². The van der Waals surface area contributed by atoms with Crippen LogP contribution in [0.25, 0.3) is 0 Å². The first-order chi connectivity index (χ1) is 7.56. The van der Waals surface area contributed by atoms with Crippen molar-refractivity contribution in [2.24, 2.45) is 0 Å². The van der Waals surface area contributed by atoms with E-state index >= 15 is 0 Å². The molecule has 1 unspecified atom stereocenters. The Balaban J connectivity index is 2.93. The molecule has 0 aliphatic heterocycles. The van der Waals surface area contributed by atoms with Crippen molar-refractivity contribution in [3.05, 3.63) is 17.0 Å². The fourth-order valence-corrected chi connectivity index (χ4v) is 1.40. The smallest absolute Gasteiger partial charge is 0.135 e. The standard InChI is InChI=1S/C12H16ClN3/c1-5-9(6-2)14-11-7-10(13)15-12(16-11)8(3)4/h1,7-9H,6H2,2-4H3,(H,14,15,16). The zero-order chi connectivity index (χ0) is 12.1. The maximum atomic E-state index is 5.92. The number of terminal acetylenes is 1. The second-order valence-electron chi connectivity index (χ2n) is 3.86. The molecule has 1 aromatic rings. The molecular formula is C12H16ClN3. The molecule has 0 saturated heterocycles. The summed E-state index contributed by atoms with van der Waals surface area (Å²) in [6, 6.07) is 1.67. The van der Waals surface area contributed by atoms with Gasteiger partial charge in [-0.3, -0.25) is 0 Å². The van der Waals surface area contributed by atoms with Crippen LogP contribution in [0.3, 0.4) is 0 Å². The molecule has 0 bridgehead atoms. The van der Waals surface area contributed by atoms with E-state index in [2.05, 4.69) is 21.2 Å². The highest BCUT2D eigenvalue weighted by atomic mass is 35.5. The Morgan fingerprint density at radius 3 is 2.69 bits per heavy atom. The number of nitrogens with zero attached hydrogens (tertiary/aromatic N) is 2. The molecule has 0 radical (unpaired) electrons. The van der Waals surface area contributed by atoms with Crippen LogP contribution in [0.2, 0.25) is 5.15 Å². The van der Waals surface area contributed by atoms with E-state index in [0.29, 0.717) is 11.0 Å². The lowest BCUT2D eigenvalue weighted by Crippen LogP contribution is -2.17. The van der Waals surface area contributed by atoms with Crippen molar-refractivity contribution in [2.75, 3.05) is 5.32 Å². The topological polar surface area (TPSA) is 37.8 Å². The Labute approximate surface area is 102 Å². The third-order valence-electron chi connectivity index (χ3n) is 2.16. The van der Waals surface area contributed by atoms with Crippen molar-refractivity contribution >= 4 is 17.4 Å². The van der Waals surface area contributed by atoms with Crippen molar-refractivity contribution in [1.29, 1.82) is 0 Å². The lowest BCUT2D eigenvalue weighted by molar-refractivity contribution is 0.768. The molecule has 1 aromatic heterocycles. The van der Waals surface area contributed by atoms with Gasteiger partial charge in [-0.15, -0.1) is 6.42 Å². The molecule has 1 heterocycles. The number of aromatic nitrogens is 2. The minimum absolute atomic E-state index is 0.0222. The number of halogens is 1. The lowest BCUT2D eigenvalue weighted by Gasteiger charge is -2.13. The number of rotatable bonds is 4. The zero-order valence-electron chi connectivity index (χ0n) is 9.79.